The van der Waals surface area contributed by atoms with E-state index in [2.05, 4.69) is 53.3 Å². The van der Waals surface area contributed by atoms with E-state index in [4.69, 9.17) is 19.8 Å². The lowest BCUT2D eigenvalue weighted by Gasteiger charge is -2.40. The highest BCUT2D eigenvalue weighted by Gasteiger charge is 2.41. The van der Waals surface area contributed by atoms with Crippen molar-refractivity contribution >= 4 is 40.5 Å². The van der Waals surface area contributed by atoms with Gasteiger partial charge in [0.25, 0.3) is 0 Å². The molecule has 2 aromatic heterocycles. The lowest BCUT2D eigenvalue weighted by Crippen LogP contribution is -2.46. The molecule has 0 amide bonds. The number of amidine groups is 2. The van der Waals surface area contributed by atoms with Gasteiger partial charge in [0.05, 0.1) is 35.8 Å². The molecule has 9 heteroatoms. The van der Waals surface area contributed by atoms with Gasteiger partial charge in [-0.25, -0.2) is 19.8 Å². The Morgan fingerprint density at radius 1 is 0.884 bits per heavy atom. The molecular formula is C34H29N7O2. The second-order valence-electron chi connectivity index (χ2n) is 10.7. The number of nitrogens with zero attached hydrogens (tertiary/aromatic N) is 6. The molecule has 0 aliphatic carbocycles. The third kappa shape index (κ3) is 4.55. The molecule has 0 bridgehead atoms. The van der Waals surface area contributed by atoms with Gasteiger partial charge in [-0.05, 0) is 86.0 Å². The van der Waals surface area contributed by atoms with Gasteiger partial charge in [0.15, 0.2) is 23.3 Å². The predicted molar refractivity (Wildman–Crippen MR) is 168 cm³/mol. The average Bonchev–Trinajstić information content (AvgIpc) is 3.35. The van der Waals surface area contributed by atoms with Crippen molar-refractivity contribution in [1.29, 1.82) is 0 Å². The van der Waals surface area contributed by atoms with Crippen molar-refractivity contribution in [3.8, 4) is 5.82 Å². The lowest BCUT2D eigenvalue weighted by molar-refractivity contribution is 0.0600. The number of anilines is 2. The Labute approximate surface area is 249 Å². The number of esters is 1. The summed E-state index contributed by atoms with van der Waals surface area (Å²) in [6.45, 7) is 6.15. The Balaban J connectivity index is 1.47. The molecule has 9 nitrogen and oxygen atoms in total. The molecule has 0 radical (unpaired) electrons. The summed E-state index contributed by atoms with van der Waals surface area (Å²) in [5.74, 6) is 2.24. The van der Waals surface area contributed by atoms with Crippen LogP contribution in [0.2, 0.25) is 0 Å². The van der Waals surface area contributed by atoms with Gasteiger partial charge >= 0.3 is 5.97 Å². The van der Waals surface area contributed by atoms with E-state index in [0.717, 1.165) is 45.0 Å². The van der Waals surface area contributed by atoms with Gasteiger partial charge in [0.1, 0.15) is 0 Å². The highest BCUT2D eigenvalue weighted by molar-refractivity contribution is 6.51. The van der Waals surface area contributed by atoms with Crippen molar-refractivity contribution < 1.29 is 9.53 Å². The molecule has 0 spiro atoms. The van der Waals surface area contributed by atoms with E-state index in [1.165, 1.54) is 7.11 Å². The SMILES string of the molecule is COC(=O)c1ccc(C2c3c(C)nn(-c4ccccn4)c3N=C3C(Nc4cc(C)cc(C)c4)=Nc4ccccc4N32)cc1. The first-order chi connectivity index (χ1) is 20.9. The van der Waals surface area contributed by atoms with Crippen LogP contribution >= 0.6 is 0 Å². The van der Waals surface area contributed by atoms with Gasteiger partial charge in [-0.1, -0.05) is 36.4 Å². The largest absolute Gasteiger partial charge is 0.465 e. The Hall–Kier alpha value is -5.57. The number of nitrogens with one attached hydrogen (secondary N) is 1. The Kier molecular flexibility index (Phi) is 6.35. The summed E-state index contributed by atoms with van der Waals surface area (Å²) in [5.41, 5.74) is 8.19. The zero-order valence-electron chi connectivity index (χ0n) is 24.2. The van der Waals surface area contributed by atoms with Gasteiger partial charge in [-0.3, -0.25) is 0 Å². The number of ether oxygens (including phenoxy) is 1. The third-order valence-corrected chi connectivity index (χ3v) is 7.64. The molecule has 1 unspecified atom stereocenters. The minimum atomic E-state index is -0.382. The molecule has 5 aromatic rings. The minimum Gasteiger partial charge on any atom is -0.465 e. The smallest absolute Gasteiger partial charge is 0.337 e. The number of carbonyl (C=O) groups is 1. The van der Waals surface area contributed by atoms with Gasteiger partial charge < -0.3 is 15.0 Å². The van der Waals surface area contributed by atoms with Gasteiger partial charge in [-0.15, -0.1) is 0 Å². The molecular weight excluding hydrogens is 538 g/mol. The van der Waals surface area contributed by atoms with Crippen LogP contribution in [-0.2, 0) is 4.74 Å². The molecule has 1 N–H and O–H groups in total. The average molecular weight is 568 g/mol. The monoisotopic (exact) mass is 567 g/mol. The Morgan fingerprint density at radius 2 is 1.63 bits per heavy atom. The summed E-state index contributed by atoms with van der Waals surface area (Å²) in [6, 6.07) is 27.3. The Morgan fingerprint density at radius 3 is 2.35 bits per heavy atom. The van der Waals surface area contributed by atoms with Crippen molar-refractivity contribution in [2.45, 2.75) is 26.8 Å². The van der Waals surface area contributed by atoms with Crippen molar-refractivity contribution in [1.82, 2.24) is 14.8 Å². The normalized spacial score (nSPS) is 15.1. The number of hydrogen-bond acceptors (Lipinski definition) is 8. The van der Waals surface area contributed by atoms with Gasteiger partial charge in [0, 0.05) is 17.4 Å². The van der Waals surface area contributed by atoms with Gasteiger partial charge in [-0.2, -0.15) is 9.78 Å². The topological polar surface area (TPSA) is 97.0 Å². The number of carbonyl (C=O) groups excluding carboxylic acids is 1. The fourth-order valence-electron chi connectivity index (χ4n) is 5.85. The maximum Gasteiger partial charge on any atom is 0.337 e. The van der Waals surface area contributed by atoms with Crippen LogP contribution in [0.4, 0.5) is 22.9 Å². The van der Waals surface area contributed by atoms with E-state index >= 15 is 0 Å². The van der Waals surface area contributed by atoms with Crippen LogP contribution in [0.25, 0.3) is 5.82 Å². The molecule has 43 heavy (non-hydrogen) atoms. The summed E-state index contributed by atoms with van der Waals surface area (Å²) >= 11 is 0. The summed E-state index contributed by atoms with van der Waals surface area (Å²) in [4.78, 5) is 29.4. The fourth-order valence-corrected chi connectivity index (χ4v) is 5.85. The fraction of sp³-hybridized carbons (Fsp3) is 0.147. The maximum absolute atomic E-state index is 12.3. The van der Waals surface area contributed by atoms with Crippen molar-refractivity contribution in [2.24, 2.45) is 9.98 Å². The molecule has 0 saturated heterocycles. The molecule has 2 aliphatic rings. The van der Waals surface area contributed by atoms with Crippen molar-refractivity contribution in [2.75, 3.05) is 17.3 Å². The van der Waals surface area contributed by atoms with Crippen molar-refractivity contribution in [3.63, 3.8) is 0 Å². The number of methoxy groups -OCH3 is 1. The highest BCUT2D eigenvalue weighted by atomic mass is 16.5. The van der Waals surface area contributed by atoms with E-state index in [9.17, 15) is 4.79 Å². The number of aromatic nitrogens is 3. The summed E-state index contributed by atoms with van der Waals surface area (Å²) in [7, 11) is 1.38. The van der Waals surface area contributed by atoms with Crippen LogP contribution in [0.1, 0.15) is 44.3 Å². The van der Waals surface area contributed by atoms with Crippen LogP contribution in [0.3, 0.4) is 0 Å². The second kappa shape index (κ2) is 10.4. The third-order valence-electron chi connectivity index (χ3n) is 7.64. The molecule has 3 aromatic carbocycles. The van der Waals surface area contributed by atoms with E-state index in [0.29, 0.717) is 28.9 Å². The summed E-state index contributed by atoms with van der Waals surface area (Å²) < 4.78 is 6.75. The first-order valence-electron chi connectivity index (χ1n) is 14.0. The summed E-state index contributed by atoms with van der Waals surface area (Å²) in [6.07, 6.45) is 1.75. The zero-order valence-corrected chi connectivity index (χ0v) is 24.2. The zero-order chi connectivity index (χ0) is 29.7. The van der Waals surface area contributed by atoms with Crippen LogP contribution in [0, 0.1) is 20.8 Å². The molecule has 212 valence electrons. The number of para-hydroxylation sites is 2. The maximum atomic E-state index is 12.3. The van der Waals surface area contributed by atoms with Crippen LogP contribution < -0.4 is 10.2 Å². The number of hydrogen-bond donors (Lipinski definition) is 1. The van der Waals surface area contributed by atoms with Crippen molar-refractivity contribution in [3.05, 3.63) is 125 Å². The Bertz CT molecular complexity index is 1920. The summed E-state index contributed by atoms with van der Waals surface area (Å²) in [5, 5.41) is 8.50. The second-order valence-corrected chi connectivity index (χ2v) is 10.7. The van der Waals surface area contributed by atoms with E-state index < -0.39 is 0 Å². The first-order valence-corrected chi connectivity index (χ1v) is 14.0. The quantitative estimate of drug-likeness (QED) is 0.241. The number of rotatable bonds is 4. The number of benzene rings is 3. The number of aryl methyl sites for hydroxylation is 3. The van der Waals surface area contributed by atoms with Crippen LogP contribution in [0.15, 0.2) is 101 Å². The van der Waals surface area contributed by atoms with E-state index in [1.54, 1.807) is 23.0 Å². The van der Waals surface area contributed by atoms with Gasteiger partial charge in [0.2, 0.25) is 0 Å². The molecule has 0 saturated carbocycles. The predicted octanol–water partition coefficient (Wildman–Crippen LogP) is 6.77. The standard InChI is InChI=1S/C34H29N7O2/c1-20-17-21(2)19-25(18-20)36-31-33-38-32-29(22(3)39-41(32)28-11-7-8-16-35-28)30(23-12-14-24(15-13-23)34(42)43-4)40(33)27-10-6-5-9-26(27)37-31/h5-19,30H,1-4H3,(H,36,37). The number of pyridine rings is 1. The van der Waals surface area contributed by atoms with Crippen LogP contribution in [-0.4, -0.2) is 39.5 Å². The molecule has 0 fully saturated rings. The number of aliphatic imine (C=N–C) groups is 2. The first kappa shape index (κ1) is 26.3. The molecule has 2 aliphatic heterocycles. The molecule has 1 atom stereocenters. The molecule has 4 heterocycles. The minimum absolute atomic E-state index is 0.320. The lowest BCUT2D eigenvalue weighted by atomic mass is 9.92. The van der Waals surface area contributed by atoms with E-state index in [1.807, 2.05) is 55.5 Å². The number of fused-ring (bicyclic) bond motifs is 4. The highest BCUT2D eigenvalue weighted by Crippen LogP contribution is 2.48. The van der Waals surface area contributed by atoms with E-state index in [-0.39, 0.29) is 12.0 Å². The van der Waals surface area contributed by atoms with Crippen LogP contribution in [0.5, 0.6) is 0 Å². The molecule has 7 rings (SSSR count).